The zero-order valence-electron chi connectivity index (χ0n) is 16.1. The molecule has 156 valence electrons. The molecule has 0 saturated heterocycles. The SMILES string of the molecule is CC(C)(C)OC(=O)CCOc1ccc(S(=O)(=O)Nc2ncc(C(=O)O)cn2)cc1. The zero-order chi connectivity index (χ0) is 21.7. The highest BCUT2D eigenvalue weighted by Gasteiger charge is 2.17. The molecule has 0 aliphatic heterocycles. The number of carboxylic acid groups (broad SMARTS) is 1. The van der Waals surface area contributed by atoms with Gasteiger partial charge >= 0.3 is 11.9 Å². The van der Waals surface area contributed by atoms with Gasteiger partial charge in [-0.25, -0.2) is 27.9 Å². The maximum atomic E-state index is 12.4. The highest BCUT2D eigenvalue weighted by atomic mass is 32.2. The van der Waals surface area contributed by atoms with E-state index in [1.165, 1.54) is 24.3 Å². The Bertz CT molecular complexity index is 966. The molecule has 2 N–H and O–H groups in total. The van der Waals surface area contributed by atoms with Crippen molar-refractivity contribution >= 4 is 27.9 Å². The third kappa shape index (κ3) is 7.03. The second-order valence-electron chi connectivity index (χ2n) is 6.86. The van der Waals surface area contributed by atoms with Crippen molar-refractivity contribution in [3.8, 4) is 5.75 Å². The molecule has 1 aromatic heterocycles. The van der Waals surface area contributed by atoms with Gasteiger partial charge in [0.2, 0.25) is 5.95 Å². The van der Waals surface area contributed by atoms with E-state index in [9.17, 15) is 18.0 Å². The van der Waals surface area contributed by atoms with E-state index in [0.29, 0.717) is 5.75 Å². The van der Waals surface area contributed by atoms with Crippen molar-refractivity contribution in [3.63, 3.8) is 0 Å². The van der Waals surface area contributed by atoms with E-state index >= 15 is 0 Å². The number of carboxylic acids is 1. The van der Waals surface area contributed by atoms with Crippen molar-refractivity contribution < 1.29 is 32.6 Å². The summed E-state index contributed by atoms with van der Waals surface area (Å²) in [5, 5.41) is 8.80. The summed E-state index contributed by atoms with van der Waals surface area (Å²) in [6.45, 7) is 5.39. The Labute approximate surface area is 168 Å². The van der Waals surface area contributed by atoms with E-state index < -0.39 is 27.6 Å². The minimum Gasteiger partial charge on any atom is -0.493 e. The van der Waals surface area contributed by atoms with Crippen LogP contribution in [-0.2, 0) is 19.6 Å². The summed E-state index contributed by atoms with van der Waals surface area (Å²) in [5.41, 5.74) is -0.738. The zero-order valence-corrected chi connectivity index (χ0v) is 16.9. The lowest BCUT2D eigenvalue weighted by molar-refractivity contribution is -0.155. The summed E-state index contributed by atoms with van der Waals surface area (Å²) in [5.74, 6) is -1.49. The van der Waals surface area contributed by atoms with Crippen LogP contribution >= 0.6 is 0 Å². The first-order valence-electron chi connectivity index (χ1n) is 8.49. The molecule has 0 saturated carbocycles. The van der Waals surface area contributed by atoms with Gasteiger partial charge in [0.25, 0.3) is 10.0 Å². The molecule has 11 heteroatoms. The lowest BCUT2D eigenvalue weighted by atomic mass is 10.2. The number of sulfonamides is 1. The Hall–Kier alpha value is -3.21. The topological polar surface area (TPSA) is 145 Å². The number of esters is 1. The van der Waals surface area contributed by atoms with Crippen LogP contribution in [0.5, 0.6) is 5.75 Å². The molecule has 1 aromatic carbocycles. The number of carbonyl (C=O) groups is 2. The molecule has 0 fully saturated rings. The molecule has 0 aliphatic rings. The number of rotatable bonds is 8. The third-order valence-corrected chi connectivity index (χ3v) is 4.60. The fourth-order valence-electron chi connectivity index (χ4n) is 2.03. The van der Waals surface area contributed by atoms with Crippen LogP contribution in [0.4, 0.5) is 5.95 Å². The van der Waals surface area contributed by atoms with Crippen LogP contribution in [0.3, 0.4) is 0 Å². The van der Waals surface area contributed by atoms with Gasteiger partial charge in [0.05, 0.1) is 23.5 Å². The lowest BCUT2D eigenvalue weighted by Crippen LogP contribution is -2.24. The molecule has 0 bridgehead atoms. The lowest BCUT2D eigenvalue weighted by Gasteiger charge is -2.19. The van der Waals surface area contributed by atoms with Crippen molar-refractivity contribution in [1.29, 1.82) is 0 Å². The van der Waals surface area contributed by atoms with Crippen molar-refractivity contribution in [2.75, 3.05) is 11.3 Å². The van der Waals surface area contributed by atoms with Gasteiger partial charge in [-0.05, 0) is 45.0 Å². The van der Waals surface area contributed by atoms with Gasteiger partial charge in [-0.3, -0.25) is 4.79 Å². The van der Waals surface area contributed by atoms with Crippen molar-refractivity contribution in [2.24, 2.45) is 0 Å². The summed E-state index contributed by atoms with van der Waals surface area (Å²) in [7, 11) is -3.97. The molecular weight excluding hydrogens is 402 g/mol. The van der Waals surface area contributed by atoms with E-state index in [1.807, 2.05) is 0 Å². The summed E-state index contributed by atoms with van der Waals surface area (Å²) >= 11 is 0. The Balaban J connectivity index is 1.94. The maximum Gasteiger partial charge on any atom is 0.338 e. The molecule has 0 amide bonds. The molecule has 29 heavy (non-hydrogen) atoms. The van der Waals surface area contributed by atoms with Crippen LogP contribution in [0, 0.1) is 0 Å². The Morgan fingerprint density at radius 1 is 1.10 bits per heavy atom. The molecule has 1 heterocycles. The van der Waals surface area contributed by atoms with Crippen LogP contribution in [0.15, 0.2) is 41.6 Å². The largest absolute Gasteiger partial charge is 0.493 e. The predicted molar refractivity (Wildman–Crippen MR) is 102 cm³/mol. The molecule has 0 aliphatic carbocycles. The fraction of sp³-hybridized carbons (Fsp3) is 0.333. The number of carbonyl (C=O) groups excluding carboxylic acids is 1. The van der Waals surface area contributed by atoms with E-state index in [1.54, 1.807) is 20.8 Å². The van der Waals surface area contributed by atoms with Gasteiger partial charge in [0.1, 0.15) is 11.4 Å². The van der Waals surface area contributed by atoms with E-state index in [2.05, 4.69) is 14.7 Å². The average Bonchev–Trinajstić information content (AvgIpc) is 2.61. The molecule has 0 atom stereocenters. The molecule has 0 spiro atoms. The standard InChI is InChI=1S/C18H21N3O7S/c1-18(2,3)28-15(22)8-9-27-13-4-6-14(7-5-13)29(25,26)21-17-19-10-12(11-20-17)16(23)24/h4-7,10-11H,8-9H2,1-3H3,(H,23,24)(H,19,20,21). The Morgan fingerprint density at radius 3 is 2.21 bits per heavy atom. The number of nitrogens with one attached hydrogen (secondary N) is 1. The molecular formula is C18H21N3O7S. The van der Waals surface area contributed by atoms with E-state index in [0.717, 1.165) is 12.4 Å². The van der Waals surface area contributed by atoms with Crippen LogP contribution in [0.2, 0.25) is 0 Å². The third-order valence-electron chi connectivity index (χ3n) is 3.25. The Kier molecular flexibility index (Phi) is 6.75. The molecule has 10 nitrogen and oxygen atoms in total. The van der Waals surface area contributed by atoms with E-state index in [4.69, 9.17) is 14.6 Å². The average molecular weight is 423 g/mol. The second kappa shape index (κ2) is 8.86. The number of hydrogen-bond acceptors (Lipinski definition) is 8. The van der Waals surface area contributed by atoms with Gasteiger partial charge in [-0.15, -0.1) is 0 Å². The molecule has 2 aromatic rings. The smallest absolute Gasteiger partial charge is 0.338 e. The highest BCUT2D eigenvalue weighted by molar-refractivity contribution is 7.92. The quantitative estimate of drug-likeness (QED) is 0.609. The first kappa shape index (κ1) is 22.1. The van der Waals surface area contributed by atoms with Crippen LogP contribution < -0.4 is 9.46 Å². The monoisotopic (exact) mass is 423 g/mol. The fourth-order valence-corrected chi connectivity index (χ4v) is 2.99. The molecule has 0 radical (unpaired) electrons. The normalized spacial score (nSPS) is 11.6. The molecule has 0 unspecified atom stereocenters. The second-order valence-corrected chi connectivity index (χ2v) is 8.54. The number of aromatic nitrogens is 2. The van der Waals surface area contributed by atoms with Crippen LogP contribution in [0.1, 0.15) is 37.6 Å². The minimum absolute atomic E-state index is 0.0581. The van der Waals surface area contributed by atoms with Gasteiger partial charge in [0.15, 0.2) is 0 Å². The first-order chi connectivity index (χ1) is 13.5. The minimum atomic E-state index is -3.97. The van der Waals surface area contributed by atoms with Crippen LogP contribution in [-0.4, -0.2) is 47.6 Å². The van der Waals surface area contributed by atoms with Gasteiger partial charge in [-0.1, -0.05) is 0 Å². The number of aromatic carboxylic acids is 1. The predicted octanol–water partition coefficient (Wildman–Crippen LogP) is 2.09. The number of anilines is 1. The maximum absolute atomic E-state index is 12.4. The summed E-state index contributed by atoms with van der Waals surface area (Å²) in [4.78, 5) is 29.7. The molecule has 2 rings (SSSR count). The first-order valence-corrected chi connectivity index (χ1v) is 9.97. The number of benzene rings is 1. The number of hydrogen-bond donors (Lipinski definition) is 2. The Morgan fingerprint density at radius 2 is 1.69 bits per heavy atom. The van der Waals surface area contributed by atoms with Gasteiger partial charge < -0.3 is 14.6 Å². The van der Waals surface area contributed by atoms with Crippen LogP contribution in [0.25, 0.3) is 0 Å². The summed E-state index contributed by atoms with van der Waals surface area (Å²) < 4.78 is 37.5. The summed E-state index contributed by atoms with van der Waals surface area (Å²) in [6, 6.07) is 5.52. The van der Waals surface area contributed by atoms with Crippen molar-refractivity contribution in [3.05, 3.63) is 42.2 Å². The van der Waals surface area contributed by atoms with Crippen molar-refractivity contribution in [2.45, 2.75) is 37.7 Å². The van der Waals surface area contributed by atoms with Gasteiger partial charge in [0, 0.05) is 12.4 Å². The number of nitrogens with zero attached hydrogens (tertiary/aromatic N) is 2. The van der Waals surface area contributed by atoms with E-state index in [-0.39, 0.29) is 29.4 Å². The highest BCUT2D eigenvalue weighted by Crippen LogP contribution is 2.18. The van der Waals surface area contributed by atoms with Gasteiger partial charge in [-0.2, -0.15) is 0 Å². The van der Waals surface area contributed by atoms with Crippen molar-refractivity contribution in [1.82, 2.24) is 9.97 Å². The number of ether oxygens (including phenoxy) is 2. The summed E-state index contributed by atoms with van der Waals surface area (Å²) in [6.07, 6.45) is 2.05.